The number of halogens is 4. The van der Waals surface area contributed by atoms with Gasteiger partial charge in [-0.3, -0.25) is 0 Å². The van der Waals surface area contributed by atoms with E-state index < -0.39 is 15.2 Å². The number of ether oxygens (including phenoxy) is 2. The summed E-state index contributed by atoms with van der Waals surface area (Å²) in [7, 11) is -6.58. The zero-order chi connectivity index (χ0) is 22.9. The van der Waals surface area contributed by atoms with Crippen LogP contribution in [0.2, 0.25) is 0 Å². The van der Waals surface area contributed by atoms with Crippen LogP contribution in [0.15, 0.2) is 24.3 Å². The van der Waals surface area contributed by atoms with Crippen molar-refractivity contribution in [2.24, 2.45) is 0 Å². The summed E-state index contributed by atoms with van der Waals surface area (Å²) in [5.41, 5.74) is 2.70. The fraction of sp³-hybridized carbons (Fsp3) is 0.739. The molecule has 0 atom stereocenters. The maximum atomic E-state index is 9.75. The van der Waals surface area contributed by atoms with Crippen LogP contribution in [0.5, 0.6) is 0 Å². The van der Waals surface area contributed by atoms with Gasteiger partial charge < -0.3 is 26.7 Å². The van der Waals surface area contributed by atoms with Gasteiger partial charge in [-0.1, -0.05) is 12.1 Å². The summed E-state index contributed by atoms with van der Waals surface area (Å²) in [6.07, 6.45) is 11.3. The van der Waals surface area contributed by atoms with Crippen LogP contribution < -0.4 is 5.30 Å². The van der Waals surface area contributed by atoms with Gasteiger partial charge in [0, 0.05) is 13.5 Å². The third-order valence-corrected chi connectivity index (χ3v) is 11.4. The summed E-state index contributed by atoms with van der Waals surface area (Å²) >= 11 is 0. The van der Waals surface area contributed by atoms with E-state index in [1.54, 1.807) is 5.30 Å². The van der Waals surface area contributed by atoms with Crippen LogP contribution in [0.25, 0.3) is 0 Å². The minimum atomic E-state index is -6.00. The summed E-state index contributed by atoms with van der Waals surface area (Å²) in [5.74, 6) is 0. The molecule has 2 aliphatic carbocycles. The van der Waals surface area contributed by atoms with Crippen molar-refractivity contribution in [3.8, 4) is 0 Å². The van der Waals surface area contributed by atoms with E-state index in [4.69, 9.17) is 9.47 Å². The first kappa shape index (κ1) is 25.0. The zero-order valence-electron chi connectivity index (χ0n) is 19.1. The molecule has 3 aliphatic rings. The third kappa shape index (κ3) is 6.24. The van der Waals surface area contributed by atoms with E-state index in [-0.39, 0.29) is 17.5 Å². The molecule has 0 amide bonds. The molecule has 1 aromatic rings. The Morgan fingerprint density at radius 3 is 1.58 bits per heavy atom. The van der Waals surface area contributed by atoms with Gasteiger partial charge in [-0.15, -0.1) is 0 Å². The summed E-state index contributed by atoms with van der Waals surface area (Å²) < 4.78 is 51.9. The first-order valence-electron chi connectivity index (χ1n) is 11.6. The van der Waals surface area contributed by atoms with Gasteiger partial charge in [-0.2, -0.15) is 0 Å². The van der Waals surface area contributed by atoms with Gasteiger partial charge in [0.05, 0.1) is 22.5 Å². The van der Waals surface area contributed by atoms with Crippen molar-refractivity contribution in [3.63, 3.8) is 0 Å². The molecule has 4 rings (SSSR count). The molecule has 1 heterocycles. The van der Waals surface area contributed by atoms with Crippen LogP contribution in [-0.2, 0) is 9.47 Å². The molecule has 1 aromatic carbocycles. The van der Waals surface area contributed by atoms with Crippen LogP contribution >= 0.6 is 7.92 Å². The highest BCUT2D eigenvalue weighted by Crippen LogP contribution is 2.58. The van der Waals surface area contributed by atoms with E-state index in [0.717, 1.165) is 11.3 Å². The Bertz CT molecular complexity index is 691. The lowest BCUT2D eigenvalue weighted by molar-refractivity contribution is -0.0889. The van der Waals surface area contributed by atoms with E-state index in [1.165, 1.54) is 56.9 Å². The van der Waals surface area contributed by atoms with Gasteiger partial charge in [-0.05, 0) is 91.2 Å². The Kier molecular flexibility index (Phi) is 7.81. The van der Waals surface area contributed by atoms with Crippen LogP contribution in [-0.4, -0.2) is 29.8 Å². The quantitative estimate of drug-likeness (QED) is 0.265. The Balaban J connectivity index is 0.000000491. The lowest BCUT2D eigenvalue weighted by atomic mass is 9.90. The maximum absolute atomic E-state index is 9.75. The lowest BCUT2D eigenvalue weighted by Gasteiger charge is -2.30. The fourth-order valence-corrected chi connectivity index (χ4v) is 9.61. The average Bonchev–Trinajstić information content (AvgIpc) is 3.37. The highest BCUT2D eigenvalue weighted by atomic mass is 31.1. The summed E-state index contributed by atoms with van der Waals surface area (Å²) in [6.45, 7) is 8.65. The fourth-order valence-electron chi connectivity index (χ4n) is 5.18. The number of hydrogen-bond donors (Lipinski definition) is 0. The molecule has 176 valence electrons. The summed E-state index contributed by atoms with van der Waals surface area (Å²) in [4.78, 5) is 0. The second-order valence-corrected chi connectivity index (χ2v) is 13.2. The molecule has 2 nitrogen and oxygen atoms in total. The van der Waals surface area contributed by atoms with Gasteiger partial charge in [0.15, 0.2) is 6.29 Å². The van der Waals surface area contributed by atoms with Crippen molar-refractivity contribution in [3.05, 3.63) is 29.8 Å². The SMILES string of the molecule is CC1(C)OC(c2ccccc2[PH+](C2CCCC2)C2CCCC2)OC1(C)C.F[B-](F)(F)F. The number of rotatable bonds is 4. The molecule has 0 spiro atoms. The molecular weight excluding hydrogens is 426 g/mol. The van der Waals surface area contributed by atoms with Gasteiger partial charge in [-0.25, -0.2) is 0 Å². The molecule has 1 aliphatic heterocycles. The number of hydrogen-bond acceptors (Lipinski definition) is 2. The maximum Gasteiger partial charge on any atom is 0.673 e. The van der Waals surface area contributed by atoms with Crippen molar-refractivity contribution in [2.75, 3.05) is 0 Å². The molecule has 0 aromatic heterocycles. The van der Waals surface area contributed by atoms with Crippen molar-refractivity contribution >= 4 is 20.5 Å². The highest BCUT2D eigenvalue weighted by molar-refractivity contribution is 7.67. The van der Waals surface area contributed by atoms with Gasteiger partial charge in [0.25, 0.3) is 0 Å². The van der Waals surface area contributed by atoms with Crippen LogP contribution in [0, 0.1) is 0 Å². The largest absolute Gasteiger partial charge is 0.673 e. The van der Waals surface area contributed by atoms with E-state index >= 15 is 0 Å². The standard InChI is InChI=1S/C23H35O2P.BF4/c1-22(2)23(3,4)25-21(24-22)19-15-9-10-16-20(19)26(17-11-5-6-12-17)18-13-7-8-14-18;2-1(3,4)5/h9-10,15-18,21H,5-8,11-14H2,1-4H3;/q;-1/p+1. The van der Waals surface area contributed by atoms with Crippen molar-refractivity contribution in [1.29, 1.82) is 0 Å². The van der Waals surface area contributed by atoms with E-state index in [2.05, 4.69) is 52.0 Å². The Morgan fingerprint density at radius 2 is 1.16 bits per heavy atom. The second kappa shape index (κ2) is 9.69. The molecule has 0 bridgehead atoms. The molecule has 2 saturated carbocycles. The van der Waals surface area contributed by atoms with Crippen LogP contribution in [0.3, 0.4) is 0 Å². The molecule has 0 unspecified atom stereocenters. The normalized spacial score (nSPS) is 24.5. The Labute approximate surface area is 185 Å². The van der Waals surface area contributed by atoms with Gasteiger partial charge in [0.1, 0.15) is 5.30 Å². The number of benzene rings is 1. The van der Waals surface area contributed by atoms with E-state index in [9.17, 15) is 17.3 Å². The smallest absolute Gasteiger partial charge is 0.418 e. The predicted octanol–water partition coefficient (Wildman–Crippen LogP) is 7.31. The summed E-state index contributed by atoms with van der Waals surface area (Å²) in [6, 6.07) is 9.13. The highest BCUT2D eigenvalue weighted by Gasteiger charge is 2.51. The molecular formula is C23H36BF4O2P. The first-order valence-corrected chi connectivity index (χ1v) is 13.2. The predicted molar refractivity (Wildman–Crippen MR) is 122 cm³/mol. The Morgan fingerprint density at radius 1 is 0.774 bits per heavy atom. The molecule has 3 fully saturated rings. The van der Waals surface area contributed by atoms with Crippen molar-refractivity contribution in [1.82, 2.24) is 0 Å². The van der Waals surface area contributed by atoms with Crippen molar-refractivity contribution in [2.45, 2.75) is 108 Å². The zero-order valence-corrected chi connectivity index (χ0v) is 20.1. The van der Waals surface area contributed by atoms with Crippen LogP contribution in [0.1, 0.15) is 90.9 Å². The topological polar surface area (TPSA) is 18.5 Å². The first-order chi connectivity index (χ1) is 14.4. The van der Waals surface area contributed by atoms with E-state index in [1.807, 2.05) is 0 Å². The minimum Gasteiger partial charge on any atom is -0.418 e. The second-order valence-electron chi connectivity index (χ2n) is 10.1. The van der Waals surface area contributed by atoms with Gasteiger partial charge in [0.2, 0.25) is 0 Å². The van der Waals surface area contributed by atoms with Crippen molar-refractivity contribution < 1.29 is 26.7 Å². The monoisotopic (exact) mass is 462 g/mol. The minimum absolute atomic E-state index is 0.209. The average molecular weight is 462 g/mol. The molecule has 1 saturated heterocycles. The molecule has 31 heavy (non-hydrogen) atoms. The van der Waals surface area contributed by atoms with Crippen LogP contribution in [0.4, 0.5) is 17.3 Å². The Hall–Kier alpha value is -0.645. The molecule has 0 N–H and O–H groups in total. The van der Waals surface area contributed by atoms with Gasteiger partial charge >= 0.3 is 7.25 Å². The van der Waals surface area contributed by atoms with E-state index in [0.29, 0.717) is 0 Å². The molecule has 0 radical (unpaired) electrons. The lowest BCUT2D eigenvalue weighted by Crippen LogP contribution is -2.41. The molecule has 8 heteroatoms. The summed E-state index contributed by atoms with van der Waals surface area (Å²) in [5, 5.41) is 1.62. The third-order valence-electron chi connectivity index (χ3n) is 7.37.